The molecule has 0 aliphatic heterocycles. The van der Waals surface area contributed by atoms with Gasteiger partial charge in [-0.1, -0.05) is 60.1 Å². The first-order chi connectivity index (χ1) is 19.4. The lowest BCUT2D eigenvalue weighted by Gasteiger charge is -2.13. The number of aryl methyl sites for hydroxylation is 1. The highest BCUT2D eigenvalue weighted by molar-refractivity contribution is 14.1. The molecule has 0 spiro atoms. The summed E-state index contributed by atoms with van der Waals surface area (Å²) < 4.78 is 10.1. The Bertz CT molecular complexity index is 1660. The van der Waals surface area contributed by atoms with Gasteiger partial charge in [-0.05, 0) is 118 Å². The first-order valence-corrected chi connectivity index (χ1v) is 15.0. The molecule has 8 heteroatoms. The second-order valence-electron chi connectivity index (χ2n) is 9.00. The number of aromatic nitrogens is 1. The van der Waals surface area contributed by atoms with Gasteiger partial charge >= 0.3 is 0 Å². The van der Waals surface area contributed by atoms with Crippen molar-refractivity contribution in [3.63, 3.8) is 0 Å². The number of nitrogens with one attached hydrogen (secondary N) is 1. The molecule has 1 amide bonds. The summed E-state index contributed by atoms with van der Waals surface area (Å²) in [5, 5.41) is 4.86. The lowest BCUT2D eigenvalue weighted by atomic mass is 10.1. The maximum Gasteiger partial charge on any atom is 0.271 e. The Labute approximate surface area is 265 Å². The van der Waals surface area contributed by atoms with E-state index in [1.807, 2.05) is 78.9 Å². The Morgan fingerprint density at radius 1 is 0.925 bits per heavy atom. The monoisotopic (exact) mass is 771 g/mol. The molecule has 0 unspecified atom stereocenters. The van der Waals surface area contributed by atoms with Crippen molar-refractivity contribution < 1.29 is 9.53 Å². The van der Waals surface area contributed by atoms with Crippen LogP contribution < -0.4 is 10.2 Å². The van der Waals surface area contributed by atoms with Crippen LogP contribution in [0.2, 0.25) is 5.02 Å². The minimum Gasteiger partial charge on any atom is -0.487 e. The average molecular weight is 772 g/mol. The molecule has 1 N–H and O–H groups in total. The summed E-state index contributed by atoms with van der Waals surface area (Å²) >= 11 is 10.7. The van der Waals surface area contributed by atoms with Crippen LogP contribution in [0.4, 0.5) is 0 Å². The summed E-state index contributed by atoms with van der Waals surface area (Å²) in [6.07, 6.45) is 1.63. The molecule has 4 aromatic carbocycles. The molecule has 0 fully saturated rings. The minimum atomic E-state index is -0.278. The van der Waals surface area contributed by atoms with Crippen molar-refractivity contribution in [2.45, 2.75) is 13.5 Å². The molecule has 0 saturated carbocycles. The van der Waals surface area contributed by atoms with E-state index < -0.39 is 0 Å². The van der Waals surface area contributed by atoms with Crippen LogP contribution in [0.5, 0.6) is 5.75 Å². The molecule has 0 atom stereocenters. The maximum absolute atomic E-state index is 12.8. The molecule has 200 valence electrons. The van der Waals surface area contributed by atoms with Crippen LogP contribution in [-0.2, 0) is 6.61 Å². The van der Waals surface area contributed by atoms with E-state index in [1.165, 1.54) is 0 Å². The van der Waals surface area contributed by atoms with Gasteiger partial charge in [0, 0.05) is 27.5 Å². The van der Waals surface area contributed by atoms with Crippen LogP contribution in [0, 0.1) is 14.1 Å². The van der Waals surface area contributed by atoms with E-state index in [9.17, 15) is 4.79 Å². The molecule has 0 saturated heterocycles. The van der Waals surface area contributed by atoms with Crippen molar-refractivity contribution in [3.8, 4) is 22.7 Å². The largest absolute Gasteiger partial charge is 0.487 e. The van der Waals surface area contributed by atoms with Gasteiger partial charge in [0.25, 0.3) is 5.91 Å². The zero-order chi connectivity index (χ0) is 28.1. The molecule has 40 heavy (non-hydrogen) atoms. The van der Waals surface area contributed by atoms with Crippen LogP contribution in [0.25, 0.3) is 16.9 Å². The highest BCUT2D eigenvalue weighted by Gasteiger charge is 2.12. The number of benzene rings is 4. The number of nitrogens with zero attached hydrogens (tertiary/aromatic N) is 2. The molecular formula is C32H24ClI2N3O2. The van der Waals surface area contributed by atoms with Gasteiger partial charge in [0.05, 0.1) is 19.0 Å². The number of hydrogen-bond acceptors (Lipinski definition) is 3. The number of carbonyl (C=O) groups excluding carboxylic acids is 1. The smallest absolute Gasteiger partial charge is 0.271 e. The normalized spacial score (nSPS) is 11.1. The van der Waals surface area contributed by atoms with Crippen molar-refractivity contribution in [2.24, 2.45) is 5.10 Å². The van der Waals surface area contributed by atoms with Gasteiger partial charge in [-0.3, -0.25) is 4.79 Å². The van der Waals surface area contributed by atoms with Gasteiger partial charge in [0.15, 0.2) is 0 Å². The van der Waals surface area contributed by atoms with Crippen LogP contribution in [0.3, 0.4) is 0 Å². The third kappa shape index (κ3) is 6.59. The van der Waals surface area contributed by atoms with E-state index in [4.69, 9.17) is 16.3 Å². The summed E-state index contributed by atoms with van der Waals surface area (Å²) in [6.45, 7) is 2.45. The molecule has 0 aliphatic carbocycles. The van der Waals surface area contributed by atoms with Gasteiger partial charge in [-0.25, -0.2) is 5.43 Å². The topological polar surface area (TPSA) is 55.6 Å². The minimum absolute atomic E-state index is 0.278. The summed E-state index contributed by atoms with van der Waals surface area (Å²) in [7, 11) is 0. The Kier molecular flexibility index (Phi) is 9.23. The number of rotatable bonds is 8. The lowest BCUT2D eigenvalue weighted by molar-refractivity contribution is 0.0955. The third-order valence-corrected chi connectivity index (χ3v) is 8.23. The molecule has 0 bridgehead atoms. The fourth-order valence-electron chi connectivity index (χ4n) is 4.26. The van der Waals surface area contributed by atoms with E-state index in [-0.39, 0.29) is 5.91 Å². The summed E-state index contributed by atoms with van der Waals surface area (Å²) in [4.78, 5) is 12.8. The predicted octanol–water partition coefficient (Wildman–Crippen LogP) is 8.66. The van der Waals surface area contributed by atoms with E-state index in [0.29, 0.717) is 17.2 Å². The fourth-order valence-corrected chi connectivity index (χ4v) is 6.58. The molecule has 5 nitrogen and oxygen atoms in total. The Morgan fingerprint density at radius 2 is 1.60 bits per heavy atom. The second-order valence-corrected chi connectivity index (χ2v) is 11.7. The van der Waals surface area contributed by atoms with Crippen molar-refractivity contribution >= 4 is 68.9 Å². The first-order valence-electron chi connectivity index (χ1n) is 12.4. The van der Waals surface area contributed by atoms with Crippen LogP contribution in [0.15, 0.2) is 108 Å². The number of hydrazone groups is 1. The quantitative estimate of drug-likeness (QED) is 0.0976. The number of halogens is 3. The van der Waals surface area contributed by atoms with Crippen LogP contribution >= 0.6 is 56.8 Å². The third-order valence-electron chi connectivity index (χ3n) is 6.26. The molecule has 1 aromatic heterocycles. The van der Waals surface area contributed by atoms with E-state index in [2.05, 4.69) is 91.5 Å². The number of carbonyl (C=O) groups is 1. The highest BCUT2D eigenvalue weighted by atomic mass is 127. The maximum atomic E-state index is 12.8. The van der Waals surface area contributed by atoms with E-state index in [1.54, 1.807) is 6.21 Å². The molecule has 5 rings (SSSR count). The predicted molar refractivity (Wildman–Crippen MR) is 179 cm³/mol. The summed E-state index contributed by atoms with van der Waals surface area (Å²) in [6, 6.07) is 33.5. The zero-order valence-electron chi connectivity index (χ0n) is 21.4. The van der Waals surface area contributed by atoms with Gasteiger partial charge in [-0.2, -0.15) is 5.10 Å². The molecule has 0 radical (unpaired) electrons. The molecular weight excluding hydrogens is 748 g/mol. The SMILES string of the molecule is Cc1ccc(-c2ccccc2)n1-c1ccc(C(=O)N/N=C/c2cc(I)c(OCc3ccccc3Cl)c(I)c2)cc1. The number of amides is 1. The van der Waals surface area contributed by atoms with Gasteiger partial charge in [0.2, 0.25) is 0 Å². The fraction of sp³-hybridized carbons (Fsp3) is 0.0625. The Morgan fingerprint density at radius 3 is 2.30 bits per heavy atom. The van der Waals surface area contributed by atoms with Crippen molar-refractivity contribution in [3.05, 3.63) is 138 Å². The van der Waals surface area contributed by atoms with Crippen molar-refractivity contribution in [1.82, 2.24) is 9.99 Å². The Hall–Kier alpha value is -3.15. The molecule has 1 heterocycles. The standard InChI is InChI=1S/C32H24ClI2N3O2/c1-21-11-16-30(23-7-3-2-4-8-23)38(21)26-14-12-24(13-15-26)32(39)37-36-19-22-17-28(34)31(29(35)18-22)40-20-25-9-5-6-10-27(25)33/h2-19H,20H2,1H3,(H,37,39)/b36-19+. The first kappa shape index (κ1) is 28.4. The van der Waals surface area contributed by atoms with E-state index >= 15 is 0 Å². The second kappa shape index (κ2) is 13.0. The lowest BCUT2D eigenvalue weighted by Crippen LogP contribution is -2.17. The molecule has 5 aromatic rings. The number of hydrogen-bond donors (Lipinski definition) is 1. The zero-order valence-corrected chi connectivity index (χ0v) is 26.5. The van der Waals surface area contributed by atoms with Crippen LogP contribution in [0.1, 0.15) is 27.2 Å². The van der Waals surface area contributed by atoms with Gasteiger partial charge in [-0.15, -0.1) is 0 Å². The van der Waals surface area contributed by atoms with Crippen LogP contribution in [-0.4, -0.2) is 16.7 Å². The summed E-state index contributed by atoms with van der Waals surface area (Å²) in [5.41, 5.74) is 9.28. The highest BCUT2D eigenvalue weighted by Crippen LogP contribution is 2.30. The van der Waals surface area contributed by atoms with Crippen molar-refractivity contribution in [2.75, 3.05) is 0 Å². The number of ether oxygens (including phenoxy) is 1. The molecule has 0 aliphatic rings. The average Bonchev–Trinajstić information content (AvgIpc) is 3.35. The van der Waals surface area contributed by atoms with Gasteiger partial charge < -0.3 is 9.30 Å². The van der Waals surface area contributed by atoms with E-state index in [0.717, 1.165) is 46.7 Å². The van der Waals surface area contributed by atoms with Gasteiger partial charge in [0.1, 0.15) is 12.4 Å². The summed E-state index contributed by atoms with van der Waals surface area (Å²) in [5.74, 6) is 0.509. The van der Waals surface area contributed by atoms with Crippen molar-refractivity contribution in [1.29, 1.82) is 0 Å². The Balaban J connectivity index is 1.24.